The van der Waals surface area contributed by atoms with Gasteiger partial charge in [0.2, 0.25) is 70.9 Å². The molecule has 0 aromatic heterocycles. The van der Waals surface area contributed by atoms with Crippen molar-refractivity contribution in [2.75, 3.05) is 68.2 Å². The van der Waals surface area contributed by atoms with Crippen molar-refractivity contribution in [3.05, 3.63) is 0 Å². The minimum Gasteiger partial charge on any atom is -0.343 e. The summed E-state index contributed by atoms with van der Waals surface area (Å²) in [5.74, 6) is -10.5. The van der Waals surface area contributed by atoms with E-state index in [1.165, 1.54) is 0 Å². The number of rotatable bonds is 28. The van der Waals surface area contributed by atoms with Gasteiger partial charge >= 0.3 is 18.1 Å². The number of aliphatic hydroxyl groups is 6. The fraction of sp³-hybridized carbons (Fsp3) is 0.721. The molecule has 0 radical (unpaired) electrons. The van der Waals surface area contributed by atoms with Crippen molar-refractivity contribution in [1.29, 1.82) is 0 Å². The van der Waals surface area contributed by atoms with E-state index in [0.29, 0.717) is 0 Å². The standard InChI is InChI=1S/2C11H22N6O6.C9H18N6O6.12CH4/c2*1-12-5-14-7(18)3-9(20)16-11(22,23)17-10(21)4-8(19)15-6-13-2;10-3-12-5(16)1-7(18)14-9(20,21)15-8(19)2-6(17)13-4-11;;;;;;;;;;;;/h2*12-13,22-23H,3-6H2,1-2H3,(H,14,18)(H,15,19)(H,16,20)(H,17,21);20-21H,1-4,10-11H2,(H,12,16)(H,13,17)(H,14,18)(H,15,19);12*1H4. The van der Waals surface area contributed by atoms with Crippen LogP contribution in [0.15, 0.2) is 0 Å². The van der Waals surface area contributed by atoms with E-state index < -0.39 is 128 Å². The number of nitrogens with one attached hydrogen (secondary N) is 16. The fourth-order valence-corrected chi connectivity index (χ4v) is 3.75. The molecule has 26 N–H and O–H groups in total. The van der Waals surface area contributed by atoms with Crippen LogP contribution in [0, 0.1) is 0 Å². The van der Waals surface area contributed by atoms with Crippen molar-refractivity contribution in [2.45, 2.75) is 146 Å². The van der Waals surface area contributed by atoms with Crippen molar-refractivity contribution in [1.82, 2.24) is 85.1 Å². The van der Waals surface area contributed by atoms with Gasteiger partial charge in [0.25, 0.3) is 0 Å². The molecule has 0 aliphatic heterocycles. The Kier molecular flexibility index (Phi) is 87.8. The molecule has 0 heterocycles. The highest BCUT2D eigenvalue weighted by Crippen LogP contribution is 1.96. The molecule has 36 nitrogen and oxygen atoms in total. The minimum absolute atomic E-state index is 0. The Morgan fingerprint density at radius 1 is 0.266 bits per heavy atom. The molecular formula is C43H110N18O18. The van der Waals surface area contributed by atoms with Gasteiger partial charge in [0.15, 0.2) is 0 Å². The lowest BCUT2D eigenvalue weighted by Gasteiger charge is -2.23. The van der Waals surface area contributed by atoms with Crippen LogP contribution in [0.4, 0.5) is 0 Å². The van der Waals surface area contributed by atoms with Crippen LogP contribution in [-0.2, 0) is 57.5 Å². The number of amides is 12. The lowest BCUT2D eigenvalue weighted by atomic mass is 10.3. The highest BCUT2D eigenvalue weighted by atomic mass is 16.6. The lowest BCUT2D eigenvalue weighted by molar-refractivity contribution is -0.212. The second-order valence-corrected chi connectivity index (χ2v) is 12.5. The monoisotopic (exact) mass is 1170 g/mol. The van der Waals surface area contributed by atoms with Crippen LogP contribution in [0.2, 0.25) is 0 Å². The summed E-state index contributed by atoms with van der Waals surface area (Å²) in [5, 5.41) is 90.0. The summed E-state index contributed by atoms with van der Waals surface area (Å²) in [4.78, 5) is 135. The first-order chi connectivity index (χ1) is 31.1. The zero-order chi connectivity index (χ0) is 52.2. The van der Waals surface area contributed by atoms with E-state index in [1.807, 2.05) is 0 Å². The molecule has 0 aromatic carbocycles. The molecule has 0 saturated heterocycles. The average molecular weight is 1170 g/mol. The quantitative estimate of drug-likeness (QED) is 0.0256. The molecule has 0 atom stereocenters. The molecule has 0 aliphatic carbocycles. The summed E-state index contributed by atoms with van der Waals surface area (Å²) in [7, 11) is 6.31. The van der Waals surface area contributed by atoms with Gasteiger partial charge in [0.05, 0.1) is 40.0 Å². The normalized spacial score (nSPS) is 8.96. The molecule has 0 spiro atoms. The van der Waals surface area contributed by atoms with Gasteiger partial charge in [-0.15, -0.1) is 0 Å². The molecule has 0 fully saturated rings. The van der Waals surface area contributed by atoms with Crippen LogP contribution in [0.1, 0.15) is 128 Å². The Morgan fingerprint density at radius 3 is 0.506 bits per heavy atom. The number of carbonyl (C=O) groups excluding carboxylic acids is 12. The van der Waals surface area contributed by atoms with E-state index >= 15 is 0 Å². The number of nitrogens with two attached hydrogens (primary N) is 2. The average Bonchev–Trinajstić information content (AvgIpc) is 3.16. The Labute approximate surface area is 468 Å². The maximum absolute atomic E-state index is 11.4. The molecule has 36 heteroatoms. The highest BCUT2D eigenvalue weighted by Gasteiger charge is 2.32. The fourth-order valence-electron chi connectivity index (χ4n) is 3.75. The summed E-state index contributed by atoms with van der Waals surface area (Å²) >= 11 is 0. The zero-order valence-electron chi connectivity index (χ0n) is 36.7. The topological polar surface area (TPSA) is 571 Å². The number of hydrogen-bond acceptors (Lipinski definition) is 24. The van der Waals surface area contributed by atoms with Crippen molar-refractivity contribution in [3.8, 4) is 0 Å². The molecular weight excluding hydrogens is 1060 g/mol. The Bertz CT molecular complexity index is 1490. The summed E-state index contributed by atoms with van der Waals surface area (Å²) < 4.78 is 0. The van der Waals surface area contributed by atoms with Gasteiger partial charge in [0, 0.05) is 0 Å². The lowest BCUT2D eigenvalue weighted by Crippen LogP contribution is -2.61. The van der Waals surface area contributed by atoms with Crippen LogP contribution >= 0.6 is 0 Å². The summed E-state index contributed by atoms with van der Waals surface area (Å²) in [6.45, 7) is 0.148. The van der Waals surface area contributed by atoms with Crippen molar-refractivity contribution in [3.63, 3.8) is 0 Å². The van der Waals surface area contributed by atoms with Crippen LogP contribution in [-0.4, -0.2) is 188 Å². The molecule has 12 amide bonds. The predicted molar refractivity (Wildman–Crippen MR) is 302 cm³/mol. The third-order valence-electron chi connectivity index (χ3n) is 6.26. The molecule has 0 bridgehead atoms. The van der Waals surface area contributed by atoms with Crippen LogP contribution < -0.4 is 96.5 Å². The molecule has 0 rings (SSSR count). The van der Waals surface area contributed by atoms with Crippen molar-refractivity contribution < 1.29 is 88.2 Å². The van der Waals surface area contributed by atoms with Gasteiger partial charge in [-0.25, -0.2) is 0 Å². The minimum atomic E-state index is -3.11. The SMILES string of the molecule is C.C.C.C.C.C.C.C.C.C.C.C.CNCNC(=O)CC(=O)NC(O)(O)NC(=O)CC(=O)NCNC.CNCNC(=O)CC(=O)NC(O)(O)NC(=O)CC(=O)NCNC.NCNC(=O)CC(=O)NC(O)(O)NC(=O)CC(=O)NCN. The largest absolute Gasteiger partial charge is 0.343 e. The van der Waals surface area contributed by atoms with E-state index in [0.717, 1.165) is 0 Å². The summed E-state index contributed by atoms with van der Waals surface area (Å²) in [5.41, 5.74) is 10.0. The Morgan fingerprint density at radius 2 is 0.392 bits per heavy atom. The molecule has 0 unspecified atom stereocenters. The van der Waals surface area contributed by atoms with E-state index in [4.69, 9.17) is 11.5 Å². The molecule has 0 aliphatic rings. The second kappa shape index (κ2) is 62.0. The molecule has 480 valence electrons. The summed E-state index contributed by atoms with van der Waals surface area (Å²) in [6.07, 6.45) is -4.18. The zero-order valence-corrected chi connectivity index (χ0v) is 36.7. The van der Waals surface area contributed by atoms with Gasteiger partial charge < -0.3 is 95.3 Å². The van der Waals surface area contributed by atoms with E-state index in [2.05, 4.69) is 53.2 Å². The van der Waals surface area contributed by atoms with Gasteiger partial charge in [-0.05, 0) is 28.2 Å². The van der Waals surface area contributed by atoms with Gasteiger partial charge in [0.1, 0.15) is 38.5 Å². The first kappa shape index (κ1) is 112. The number of hydrogen-bond donors (Lipinski definition) is 24. The van der Waals surface area contributed by atoms with Gasteiger partial charge in [-0.3, -0.25) is 89.4 Å². The van der Waals surface area contributed by atoms with Gasteiger partial charge in [-0.1, -0.05) is 89.1 Å². The predicted octanol–water partition coefficient (Wildman–Crippen LogP) is -7.34. The van der Waals surface area contributed by atoms with E-state index in [9.17, 15) is 88.2 Å². The number of carbonyl (C=O) groups is 12. The summed E-state index contributed by atoms with van der Waals surface area (Å²) in [6, 6.07) is -9.28. The molecule has 0 aromatic rings. The van der Waals surface area contributed by atoms with Crippen LogP contribution in [0.5, 0.6) is 0 Å². The molecule has 0 saturated carbocycles. The smallest absolute Gasteiger partial charge is 0.337 e. The van der Waals surface area contributed by atoms with E-state index in [1.54, 1.807) is 60.1 Å². The molecule has 79 heavy (non-hydrogen) atoms. The third kappa shape index (κ3) is 71.2. The highest BCUT2D eigenvalue weighted by molar-refractivity contribution is 6.00. The van der Waals surface area contributed by atoms with Crippen LogP contribution in [0.25, 0.3) is 0 Å². The second-order valence-electron chi connectivity index (χ2n) is 12.5. The first-order valence-corrected chi connectivity index (χ1v) is 18.9. The Balaban J connectivity index is -0.0000000557. The van der Waals surface area contributed by atoms with Gasteiger partial charge in [-0.2, -0.15) is 0 Å². The maximum Gasteiger partial charge on any atom is 0.337 e. The third-order valence-corrected chi connectivity index (χ3v) is 6.26. The first-order valence-electron chi connectivity index (χ1n) is 18.9. The van der Waals surface area contributed by atoms with Crippen molar-refractivity contribution >= 4 is 70.9 Å². The van der Waals surface area contributed by atoms with E-state index in [-0.39, 0.29) is 129 Å². The maximum atomic E-state index is 11.4. The van der Waals surface area contributed by atoms with Crippen LogP contribution in [0.3, 0.4) is 0 Å². The van der Waals surface area contributed by atoms with Crippen molar-refractivity contribution in [2.24, 2.45) is 11.5 Å². The Hall–Kier alpha value is -6.84.